The first-order chi connectivity index (χ1) is 8.81. The quantitative estimate of drug-likeness (QED) is 0.723. The Morgan fingerprint density at radius 3 is 2.72 bits per heavy atom. The molecule has 2 saturated carbocycles. The topological polar surface area (TPSA) is 12.0 Å². The van der Waals surface area contributed by atoms with Crippen molar-refractivity contribution in [3.8, 4) is 0 Å². The highest BCUT2D eigenvalue weighted by Gasteiger charge is 2.55. The predicted octanol–water partition coefficient (Wildman–Crippen LogP) is 3.72. The fourth-order valence-corrected chi connectivity index (χ4v) is 4.59. The SMILES string of the molecule is C1=C(C2(CCC3=C(C4CCNC45CC5)C3)CC2)C1. The molecule has 0 radical (unpaired) electrons. The lowest BCUT2D eigenvalue weighted by atomic mass is 9.94. The second kappa shape index (κ2) is 3.12. The van der Waals surface area contributed by atoms with Crippen molar-refractivity contribution in [1.82, 2.24) is 5.32 Å². The molecule has 1 nitrogen and oxygen atoms in total. The average Bonchev–Trinajstić information content (AvgIpc) is 3.14. The van der Waals surface area contributed by atoms with Crippen molar-refractivity contribution in [3.63, 3.8) is 0 Å². The predicted molar refractivity (Wildman–Crippen MR) is 73.3 cm³/mol. The highest BCUT2D eigenvalue weighted by molar-refractivity contribution is 5.43. The Hall–Kier alpha value is -0.560. The van der Waals surface area contributed by atoms with Gasteiger partial charge in [0.2, 0.25) is 0 Å². The minimum atomic E-state index is 0.605. The van der Waals surface area contributed by atoms with Crippen molar-refractivity contribution < 1.29 is 0 Å². The van der Waals surface area contributed by atoms with Crippen LogP contribution in [0.25, 0.3) is 0 Å². The molecule has 0 aromatic rings. The van der Waals surface area contributed by atoms with Gasteiger partial charge in [-0.15, -0.1) is 0 Å². The van der Waals surface area contributed by atoms with E-state index in [0.717, 1.165) is 11.3 Å². The Bertz CT molecular complexity index is 474. The summed E-state index contributed by atoms with van der Waals surface area (Å²) in [6.07, 6.45) is 15.4. The van der Waals surface area contributed by atoms with Gasteiger partial charge in [0.05, 0.1) is 0 Å². The van der Waals surface area contributed by atoms with Gasteiger partial charge in [-0.1, -0.05) is 22.8 Å². The molecule has 1 spiro atoms. The van der Waals surface area contributed by atoms with Crippen molar-refractivity contribution in [1.29, 1.82) is 0 Å². The van der Waals surface area contributed by atoms with Crippen LogP contribution < -0.4 is 5.32 Å². The average molecular weight is 241 g/mol. The highest BCUT2D eigenvalue weighted by Crippen LogP contribution is 2.62. The Morgan fingerprint density at radius 1 is 1.22 bits per heavy atom. The zero-order valence-electron chi connectivity index (χ0n) is 11.2. The molecule has 0 bridgehead atoms. The maximum atomic E-state index is 3.77. The molecule has 1 atom stereocenters. The van der Waals surface area contributed by atoms with Gasteiger partial charge in [0.1, 0.15) is 0 Å². The van der Waals surface area contributed by atoms with Crippen LogP contribution in [0.15, 0.2) is 22.8 Å². The normalized spacial score (nSPS) is 36.9. The van der Waals surface area contributed by atoms with E-state index >= 15 is 0 Å². The first-order valence-electron chi connectivity index (χ1n) is 7.97. The van der Waals surface area contributed by atoms with Crippen molar-refractivity contribution in [3.05, 3.63) is 22.8 Å². The summed E-state index contributed by atoms with van der Waals surface area (Å²) in [5.74, 6) is 0.947. The summed E-state index contributed by atoms with van der Waals surface area (Å²) < 4.78 is 0. The van der Waals surface area contributed by atoms with E-state index < -0.39 is 0 Å². The number of rotatable bonds is 5. The van der Waals surface area contributed by atoms with Gasteiger partial charge in [0.15, 0.2) is 0 Å². The van der Waals surface area contributed by atoms with E-state index in [1.807, 2.05) is 16.7 Å². The molecule has 0 amide bonds. The number of hydrogen-bond acceptors (Lipinski definition) is 1. The molecule has 4 aliphatic carbocycles. The molecule has 0 aromatic carbocycles. The first-order valence-corrected chi connectivity index (χ1v) is 7.97. The summed E-state index contributed by atoms with van der Waals surface area (Å²) in [5, 5.41) is 3.77. The van der Waals surface area contributed by atoms with E-state index in [1.165, 1.54) is 64.3 Å². The van der Waals surface area contributed by atoms with Crippen molar-refractivity contribution in [2.24, 2.45) is 11.3 Å². The van der Waals surface area contributed by atoms with E-state index in [9.17, 15) is 0 Å². The van der Waals surface area contributed by atoms with Crippen molar-refractivity contribution >= 4 is 0 Å². The van der Waals surface area contributed by atoms with Crippen LogP contribution in [0.5, 0.6) is 0 Å². The van der Waals surface area contributed by atoms with Crippen LogP contribution in [0, 0.1) is 11.3 Å². The lowest BCUT2D eigenvalue weighted by molar-refractivity contribution is 0.495. The molecule has 1 aliphatic heterocycles. The minimum Gasteiger partial charge on any atom is -0.311 e. The van der Waals surface area contributed by atoms with Gasteiger partial charge >= 0.3 is 0 Å². The van der Waals surface area contributed by atoms with Crippen LogP contribution in [0.1, 0.15) is 57.8 Å². The third kappa shape index (κ3) is 1.43. The Kier molecular flexibility index (Phi) is 1.78. The maximum Gasteiger partial charge on any atom is 0.0248 e. The molecule has 5 rings (SSSR count). The van der Waals surface area contributed by atoms with E-state index in [-0.39, 0.29) is 0 Å². The molecular formula is C17H23N. The minimum absolute atomic E-state index is 0.605. The molecule has 1 heteroatoms. The lowest BCUT2D eigenvalue weighted by Gasteiger charge is -2.15. The van der Waals surface area contributed by atoms with Crippen molar-refractivity contribution in [2.75, 3.05) is 6.54 Å². The van der Waals surface area contributed by atoms with E-state index in [4.69, 9.17) is 0 Å². The van der Waals surface area contributed by atoms with Crippen LogP contribution in [-0.2, 0) is 0 Å². The third-order valence-electron chi connectivity index (χ3n) is 6.37. The van der Waals surface area contributed by atoms with Gasteiger partial charge in [0, 0.05) is 5.54 Å². The fraction of sp³-hybridized carbons (Fsp3) is 0.765. The van der Waals surface area contributed by atoms with E-state index in [1.54, 1.807) is 0 Å². The van der Waals surface area contributed by atoms with Gasteiger partial charge in [-0.3, -0.25) is 0 Å². The van der Waals surface area contributed by atoms with E-state index in [2.05, 4.69) is 11.4 Å². The molecule has 18 heavy (non-hydrogen) atoms. The first kappa shape index (κ1) is 10.3. The van der Waals surface area contributed by atoms with E-state index in [0.29, 0.717) is 5.54 Å². The highest BCUT2D eigenvalue weighted by atomic mass is 15.1. The van der Waals surface area contributed by atoms with Crippen LogP contribution in [0.2, 0.25) is 0 Å². The van der Waals surface area contributed by atoms with Gasteiger partial charge in [-0.25, -0.2) is 0 Å². The summed E-state index contributed by atoms with van der Waals surface area (Å²) in [6, 6.07) is 0. The summed E-state index contributed by atoms with van der Waals surface area (Å²) in [6.45, 7) is 1.28. The van der Waals surface area contributed by atoms with Crippen molar-refractivity contribution in [2.45, 2.75) is 63.3 Å². The summed E-state index contributed by atoms with van der Waals surface area (Å²) >= 11 is 0. The molecule has 1 N–H and O–H groups in total. The molecule has 1 saturated heterocycles. The molecule has 1 unspecified atom stereocenters. The Labute approximate surface area is 110 Å². The summed E-state index contributed by atoms with van der Waals surface area (Å²) in [5.41, 5.74) is 6.89. The Morgan fingerprint density at radius 2 is 2.06 bits per heavy atom. The van der Waals surface area contributed by atoms with Crippen LogP contribution in [0.4, 0.5) is 0 Å². The maximum absolute atomic E-state index is 3.77. The standard InChI is InChI=1S/C17H23N/c1-2-13(1)16(6-7-16)5-3-12-11-14(12)15-4-10-18-17(15)8-9-17/h1,15,18H,2-11H2. The second-order valence-electron chi connectivity index (χ2n) is 7.44. The fourth-order valence-electron chi connectivity index (χ4n) is 4.59. The smallest absolute Gasteiger partial charge is 0.0248 e. The Balaban J connectivity index is 1.25. The molecule has 96 valence electrons. The van der Waals surface area contributed by atoms with Crippen LogP contribution in [0.3, 0.4) is 0 Å². The second-order valence-corrected chi connectivity index (χ2v) is 7.44. The van der Waals surface area contributed by atoms with Crippen LogP contribution in [-0.4, -0.2) is 12.1 Å². The monoisotopic (exact) mass is 241 g/mol. The molecule has 1 heterocycles. The lowest BCUT2D eigenvalue weighted by Crippen LogP contribution is -2.28. The molecule has 0 aromatic heterocycles. The zero-order chi connectivity index (χ0) is 11.8. The zero-order valence-corrected chi connectivity index (χ0v) is 11.2. The molecular weight excluding hydrogens is 218 g/mol. The third-order valence-corrected chi connectivity index (χ3v) is 6.37. The summed E-state index contributed by atoms with van der Waals surface area (Å²) in [4.78, 5) is 0. The number of nitrogens with one attached hydrogen (secondary N) is 1. The largest absolute Gasteiger partial charge is 0.311 e. The van der Waals surface area contributed by atoms with Gasteiger partial charge in [-0.05, 0) is 75.7 Å². The van der Waals surface area contributed by atoms with Gasteiger partial charge in [-0.2, -0.15) is 0 Å². The summed E-state index contributed by atoms with van der Waals surface area (Å²) in [7, 11) is 0. The molecule has 3 fully saturated rings. The number of allylic oxidation sites excluding steroid dienone is 3. The molecule has 5 aliphatic rings. The van der Waals surface area contributed by atoms with Gasteiger partial charge < -0.3 is 5.32 Å². The van der Waals surface area contributed by atoms with Gasteiger partial charge in [0.25, 0.3) is 0 Å². The number of hydrogen-bond donors (Lipinski definition) is 1. The van der Waals surface area contributed by atoms with Crippen LogP contribution >= 0.6 is 0 Å².